The molecule has 0 spiro atoms. The number of aryl methyl sites for hydroxylation is 2. The number of methoxy groups -OCH3 is 1. The SMILES string of the molecule is COC(=O)c1ccccc1C(=O)N(CCCN1CCOCC1)c1nc2c(C)c(C)ccc2s1. The molecule has 0 bridgehead atoms. The van der Waals surface area contributed by atoms with Gasteiger partial charge in [-0.15, -0.1) is 0 Å². The zero-order valence-electron chi connectivity index (χ0n) is 19.3. The smallest absolute Gasteiger partial charge is 0.338 e. The molecule has 1 saturated heterocycles. The molecule has 0 radical (unpaired) electrons. The highest BCUT2D eigenvalue weighted by molar-refractivity contribution is 7.22. The minimum absolute atomic E-state index is 0.244. The van der Waals surface area contributed by atoms with Crippen LogP contribution in [0.25, 0.3) is 10.2 Å². The summed E-state index contributed by atoms with van der Waals surface area (Å²) in [5.41, 5.74) is 3.78. The van der Waals surface area contributed by atoms with Crippen LogP contribution < -0.4 is 4.90 Å². The van der Waals surface area contributed by atoms with Crippen LogP contribution in [0.4, 0.5) is 5.13 Å². The molecule has 0 aliphatic carbocycles. The molecule has 2 aromatic carbocycles. The first-order chi connectivity index (χ1) is 16.0. The van der Waals surface area contributed by atoms with Gasteiger partial charge in [0.25, 0.3) is 5.91 Å². The van der Waals surface area contributed by atoms with Crippen molar-refractivity contribution >= 4 is 38.6 Å². The summed E-state index contributed by atoms with van der Waals surface area (Å²) in [7, 11) is 1.32. The van der Waals surface area contributed by atoms with E-state index in [1.165, 1.54) is 24.0 Å². The molecule has 8 heteroatoms. The van der Waals surface area contributed by atoms with Gasteiger partial charge in [-0.25, -0.2) is 9.78 Å². The Morgan fingerprint density at radius 3 is 2.58 bits per heavy atom. The quantitative estimate of drug-likeness (QED) is 0.488. The van der Waals surface area contributed by atoms with Crippen LogP contribution in [0.15, 0.2) is 36.4 Å². The van der Waals surface area contributed by atoms with Gasteiger partial charge in [-0.05, 0) is 49.6 Å². The Morgan fingerprint density at radius 2 is 1.85 bits per heavy atom. The number of fused-ring (bicyclic) bond motifs is 1. The number of nitrogens with zero attached hydrogens (tertiary/aromatic N) is 3. The normalized spacial score (nSPS) is 14.4. The Bertz CT molecular complexity index is 1150. The Balaban J connectivity index is 1.66. The lowest BCUT2D eigenvalue weighted by molar-refractivity contribution is 0.0376. The van der Waals surface area contributed by atoms with E-state index in [1.807, 2.05) is 0 Å². The molecule has 33 heavy (non-hydrogen) atoms. The number of esters is 1. The molecule has 1 fully saturated rings. The van der Waals surface area contributed by atoms with Gasteiger partial charge in [0.05, 0.1) is 41.7 Å². The highest BCUT2D eigenvalue weighted by Crippen LogP contribution is 2.33. The number of morpholine rings is 1. The zero-order chi connectivity index (χ0) is 23.4. The highest BCUT2D eigenvalue weighted by atomic mass is 32.1. The van der Waals surface area contributed by atoms with Crippen LogP contribution in [0.3, 0.4) is 0 Å². The number of anilines is 1. The molecular formula is C25H29N3O4S. The van der Waals surface area contributed by atoms with E-state index in [-0.39, 0.29) is 11.5 Å². The van der Waals surface area contributed by atoms with Crippen LogP contribution in [0.5, 0.6) is 0 Å². The fourth-order valence-corrected chi connectivity index (χ4v) is 5.04. The van der Waals surface area contributed by atoms with Gasteiger partial charge in [-0.1, -0.05) is 29.5 Å². The molecule has 4 rings (SSSR count). The van der Waals surface area contributed by atoms with E-state index in [2.05, 4.69) is 30.9 Å². The van der Waals surface area contributed by atoms with E-state index in [0.717, 1.165) is 55.0 Å². The topological polar surface area (TPSA) is 72.0 Å². The van der Waals surface area contributed by atoms with E-state index in [1.54, 1.807) is 29.2 Å². The molecule has 0 unspecified atom stereocenters. The van der Waals surface area contributed by atoms with Gasteiger partial charge >= 0.3 is 5.97 Å². The van der Waals surface area contributed by atoms with E-state index in [9.17, 15) is 9.59 Å². The van der Waals surface area contributed by atoms with Gasteiger partial charge in [0.2, 0.25) is 0 Å². The Labute approximate surface area is 197 Å². The predicted molar refractivity (Wildman–Crippen MR) is 130 cm³/mol. The maximum absolute atomic E-state index is 13.7. The third-order valence-corrected chi connectivity index (χ3v) is 7.12. The first kappa shape index (κ1) is 23.4. The van der Waals surface area contributed by atoms with Crippen molar-refractivity contribution in [1.82, 2.24) is 9.88 Å². The van der Waals surface area contributed by atoms with Crippen LogP contribution in [0.2, 0.25) is 0 Å². The second-order valence-electron chi connectivity index (χ2n) is 8.15. The maximum atomic E-state index is 13.7. The Kier molecular flexibility index (Phi) is 7.37. The van der Waals surface area contributed by atoms with Crippen LogP contribution in [0, 0.1) is 13.8 Å². The molecule has 1 aliphatic rings. The molecule has 3 aromatic rings. The molecule has 2 heterocycles. The number of ether oxygens (including phenoxy) is 2. The number of aromatic nitrogens is 1. The first-order valence-electron chi connectivity index (χ1n) is 11.2. The van der Waals surface area contributed by atoms with Gasteiger partial charge in [0, 0.05) is 26.2 Å². The van der Waals surface area contributed by atoms with Crippen molar-refractivity contribution in [2.24, 2.45) is 0 Å². The van der Waals surface area contributed by atoms with Crippen molar-refractivity contribution < 1.29 is 19.1 Å². The fraction of sp³-hybridized carbons (Fsp3) is 0.400. The van der Waals surface area contributed by atoms with Gasteiger partial charge in [-0.2, -0.15) is 0 Å². The van der Waals surface area contributed by atoms with Crippen LogP contribution in [0.1, 0.15) is 38.3 Å². The average molecular weight is 468 g/mol. The average Bonchev–Trinajstić information content (AvgIpc) is 3.28. The molecule has 0 saturated carbocycles. The summed E-state index contributed by atoms with van der Waals surface area (Å²) in [6.07, 6.45) is 0.792. The molecule has 174 valence electrons. The summed E-state index contributed by atoms with van der Waals surface area (Å²) in [4.78, 5) is 35.0. The monoisotopic (exact) mass is 467 g/mol. The van der Waals surface area contributed by atoms with E-state index >= 15 is 0 Å². The molecule has 0 atom stereocenters. The van der Waals surface area contributed by atoms with Crippen LogP contribution in [-0.4, -0.2) is 68.3 Å². The van der Waals surface area contributed by atoms with Crippen molar-refractivity contribution in [2.75, 3.05) is 51.4 Å². The van der Waals surface area contributed by atoms with Gasteiger partial charge < -0.3 is 9.47 Å². The molecule has 1 amide bonds. The number of carbonyl (C=O) groups excluding carboxylic acids is 2. The van der Waals surface area contributed by atoms with Gasteiger partial charge in [0.15, 0.2) is 5.13 Å². The maximum Gasteiger partial charge on any atom is 0.338 e. The fourth-order valence-electron chi connectivity index (χ4n) is 3.99. The summed E-state index contributed by atoms with van der Waals surface area (Å²) >= 11 is 1.50. The number of rotatable bonds is 7. The second-order valence-corrected chi connectivity index (χ2v) is 9.16. The number of thiazole rings is 1. The summed E-state index contributed by atoms with van der Waals surface area (Å²) in [5.74, 6) is -0.769. The number of hydrogen-bond acceptors (Lipinski definition) is 7. The summed E-state index contributed by atoms with van der Waals surface area (Å²) in [6, 6.07) is 10.9. The summed E-state index contributed by atoms with van der Waals surface area (Å²) in [5, 5.41) is 0.644. The zero-order valence-corrected chi connectivity index (χ0v) is 20.1. The van der Waals surface area contributed by atoms with Crippen LogP contribution in [-0.2, 0) is 9.47 Å². The Morgan fingerprint density at radius 1 is 1.12 bits per heavy atom. The van der Waals surface area contributed by atoms with Crippen molar-refractivity contribution in [3.8, 4) is 0 Å². The standard InChI is InChI=1S/C25H29N3O4S/c1-17-9-10-21-22(18(17)2)26-25(33-21)28(12-6-11-27-13-15-32-16-14-27)23(29)19-7-4-5-8-20(19)24(30)31-3/h4-5,7-10H,6,11-16H2,1-3H3. The van der Waals surface area contributed by atoms with Crippen molar-refractivity contribution in [3.63, 3.8) is 0 Å². The second kappa shape index (κ2) is 10.4. The first-order valence-corrected chi connectivity index (χ1v) is 12.0. The Hall–Kier alpha value is -2.81. The van der Waals surface area contributed by atoms with Gasteiger partial charge in [-0.3, -0.25) is 14.6 Å². The molecular weight excluding hydrogens is 438 g/mol. The summed E-state index contributed by atoms with van der Waals surface area (Å²) < 4.78 is 11.4. The third kappa shape index (κ3) is 5.08. The third-order valence-electron chi connectivity index (χ3n) is 6.07. The minimum Gasteiger partial charge on any atom is -0.465 e. The predicted octanol–water partition coefficient (Wildman–Crippen LogP) is 4.07. The lowest BCUT2D eigenvalue weighted by Gasteiger charge is -2.28. The highest BCUT2D eigenvalue weighted by Gasteiger charge is 2.26. The number of carbonyl (C=O) groups is 2. The van der Waals surface area contributed by atoms with Crippen molar-refractivity contribution in [2.45, 2.75) is 20.3 Å². The molecule has 1 aliphatic heterocycles. The molecule has 1 aromatic heterocycles. The van der Waals surface area contributed by atoms with Crippen molar-refractivity contribution in [1.29, 1.82) is 0 Å². The van der Waals surface area contributed by atoms with E-state index in [4.69, 9.17) is 14.5 Å². The number of amides is 1. The van der Waals surface area contributed by atoms with Gasteiger partial charge in [0.1, 0.15) is 0 Å². The minimum atomic E-state index is -0.525. The van der Waals surface area contributed by atoms with E-state index in [0.29, 0.717) is 17.2 Å². The van der Waals surface area contributed by atoms with Crippen LogP contribution >= 0.6 is 11.3 Å². The molecule has 7 nitrogen and oxygen atoms in total. The largest absolute Gasteiger partial charge is 0.465 e. The van der Waals surface area contributed by atoms with Crippen molar-refractivity contribution in [3.05, 3.63) is 58.7 Å². The van der Waals surface area contributed by atoms with E-state index < -0.39 is 5.97 Å². The number of benzene rings is 2. The lowest BCUT2D eigenvalue weighted by Crippen LogP contribution is -2.39. The lowest BCUT2D eigenvalue weighted by atomic mass is 10.1. The summed E-state index contributed by atoms with van der Waals surface area (Å²) in [6.45, 7) is 8.77. The number of hydrogen-bond donors (Lipinski definition) is 0. The molecule has 0 N–H and O–H groups in total.